The molecule has 2 saturated carbocycles. The topological polar surface area (TPSA) is 130 Å². The highest BCUT2D eigenvalue weighted by Gasteiger charge is 2.43. The SMILES string of the molecule is Cc1ncn(C)c1-c1cnc2c3ccc(C(C)(O)C4CC4)cc3n([C@H](c3ccccc3)C3CCOCC3)c2c1.Cc1ncn(C)c1-c1cnc2c3ccc(C(C)(O)C4CC4)cc3n([C@H](c3ccccc3)C3CCOCC3)c2c1. The molecule has 10 aromatic rings. The van der Waals surface area contributed by atoms with E-state index >= 15 is 0 Å². The second kappa shape index (κ2) is 20.0. The maximum atomic E-state index is 11.5. The molecule has 4 atom stereocenters. The number of hydrogen-bond acceptors (Lipinski definition) is 8. The molecule has 4 aromatic carbocycles. The van der Waals surface area contributed by atoms with Crippen LogP contribution in [0.1, 0.15) is 111 Å². The lowest BCUT2D eigenvalue weighted by atomic mass is 9.86. The largest absolute Gasteiger partial charge is 0.385 e. The van der Waals surface area contributed by atoms with Gasteiger partial charge in [-0.05, 0) is 149 Å². The van der Waals surface area contributed by atoms with Crippen molar-refractivity contribution >= 4 is 43.9 Å². The zero-order valence-corrected chi connectivity index (χ0v) is 45.9. The molecule has 2 unspecified atom stereocenters. The first-order valence-corrected chi connectivity index (χ1v) is 28.4. The van der Waals surface area contributed by atoms with Crippen LogP contribution in [0.25, 0.3) is 66.4 Å². The number of ether oxygens (including phenoxy) is 2. The lowest BCUT2D eigenvalue weighted by molar-refractivity contribution is 0.0328. The molecule has 0 bridgehead atoms. The number of rotatable bonds is 12. The van der Waals surface area contributed by atoms with Gasteiger partial charge < -0.3 is 38.0 Å². The van der Waals surface area contributed by atoms with Gasteiger partial charge in [-0.15, -0.1) is 0 Å². The Morgan fingerprint density at radius 3 is 1.22 bits per heavy atom. The summed E-state index contributed by atoms with van der Waals surface area (Å²) in [6, 6.07) is 39.6. The molecule has 400 valence electrons. The standard InChI is InChI=1S/2C33H36N4O2/c2*1-21-31(36(3)20-35-21)24-17-29-30(34-19-24)27-12-11-26(33(2,38)25-9-10-25)18-28(27)37(29)32(22-7-5-4-6-8-22)23-13-15-39-16-14-23/h2*4-8,11-12,17-20,23,25,32,38H,9-10,13-16H2,1-3H3/t2*32-,33?/m11/s1. The summed E-state index contributed by atoms with van der Waals surface area (Å²) >= 11 is 0. The van der Waals surface area contributed by atoms with Crippen LogP contribution in [0.3, 0.4) is 0 Å². The quantitative estimate of drug-likeness (QED) is 0.124. The van der Waals surface area contributed by atoms with Crippen molar-refractivity contribution < 1.29 is 19.7 Å². The molecule has 2 aliphatic heterocycles. The number of imidazole rings is 2. The van der Waals surface area contributed by atoms with Crippen LogP contribution in [0.4, 0.5) is 0 Å². The van der Waals surface area contributed by atoms with Gasteiger partial charge in [-0.2, -0.15) is 0 Å². The van der Waals surface area contributed by atoms with Crippen molar-refractivity contribution in [1.82, 2.24) is 38.2 Å². The number of fused-ring (bicyclic) bond motifs is 6. The summed E-state index contributed by atoms with van der Waals surface area (Å²) in [4.78, 5) is 19.2. The molecule has 2 saturated heterocycles. The summed E-state index contributed by atoms with van der Waals surface area (Å²) in [6.45, 7) is 11.2. The molecule has 4 aliphatic rings. The highest BCUT2D eigenvalue weighted by molar-refractivity contribution is 6.08. The smallest absolute Gasteiger partial charge is 0.0960 e. The lowest BCUT2D eigenvalue weighted by Crippen LogP contribution is -2.27. The van der Waals surface area contributed by atoms with Gasteiger partial charge in [0, 0.05) is 74.8 Å². The Hall–Kier alpha value is -6.96. The van der Waals surface area contributed by atoms with Crippen molar-refractivity contribution in [2.45, 2.75) is 102 Å². The third-order valence-electron chi connectivity index (χ3n) is 18.2. The summed E-state index contributed by atoms with van der Waals surface area (Å²) < 4.78 is 20.8. The van der Waals surface area contributed by atoms with E-state index in [0.29, 0.717) is 23.7 Å². The van der Waals surface area contributed by atoms with Crippen LogP contribution in [0, 0.1) is 37.5 Å². The first-order chi connectivity index (χ1) is 37.9. The van der Waals surface area contributed by atoms with Crippen LogP contribution in [0.5, 0.6) is 0 Å². The van der Waals surface area contributed by atoms with Crippen molar-refractivity contribution in [3.8, 4) is 22.5 Å². The normalized spacial score (nSPS) is 19.0. The predicted molar refractivity (Wildman–Crippen MR) is 309 cm³/mol. The summed E-state index contributed by atoms with van der Waals surface area (Å²) in [6.07, 6.45) is 16.1. The van der Waals surface area contributed by atoms with E-state index in [2.05, 4.69) is 151 Å². The van der Waals surface area contributed by atoms with Gasteiger partial charge in [0.25, 0.3) is 0 Å². The molecule has 12 nitrogen and oxygen atoms in total. The summed E-state index contributed by atoms with van der Waals surface area (Å²) in [5.74, 6) is 1.50. The van der Waals surface area contributed by atoms with Crippen LogP contribution in [0.2, 0.25) is 0 Å². The molecule has 14 rings (SSSR count). The fourth-order valence-electron chi connectivity index (χ4n) is 13.6. The molecule has 0 spiro atoms. The fourth-order valence-corrected chi connectivity index (χ4v) is 13.6. The van der Waals surface area contributed by atoms with Crippen molar-refractivity contribution in [2.75, 3.05) is 26.4 Å². The number of aryl methyl sites for hydroxylation is 4. The van der Waals surface area contributed by atoms with Gasteiger partial charge in [-0.1, -0.05) is 84.9 Å². The summed E-state index contributed by atoms with van der Waals surface area (Å²) in [7, 11) is 4.08. The highest BCUT2D eigenvalue weighted by atomic mass is 16.5. The van der Waals surface area contributed by atoms with Gasteiger partial charge in [0.2, 0.25) is 0 Å². The fraction of sp³-hybridized carbons (Fsp3) is 0.394. The Morgan fingerprint density at radius 1 is 0.487 bits per heavy atom. The number of aliphatic hydroxyl groups is 2. The van der Waals surface area contributed by atoms with E-state index < -0.39 is 11.2 Å². The second-order valence-corrected chi connectivity index (χ2v) is 23.4. The molecule has 78 heavy (non-hydrogen) atoms. The minimum Gasteiger partial charge on any atom is -0.385 e. The molecule has 4 fully saturated rings. The molecule has 2 N–H and O–H groups in total. The Labute approximate surface area is 456 Å². The second-order valence-electron chi connectivity index (χ2n) is 23.4. The first kappa shape index (κ1) is 50.5. The zero-order chi connectivity index (χ0) is 53.5. The number of pyridine rings is 2. The van der Waals surface area contributed by atoms with Gasteiger partial charge in [0.15, 0.2) is 0 Å². The van der Waals surface area contributed by atoms with Crippen molar-refractivity contribution in [2.24, 2.45) is 37.8 Å². The predicted octanol–water partition coefficient (Wildman–Crippen LogP) is 13.1. The van der Waals surface area contributed by atoms with Crippen LogP contribution in [0.15, 0.2) is 134 Å². The van der Waals surface area contributed by atoms with E-state index in [-0.39, 0.29) is 12.1 Å². The maximum absolute atomic E-state index is 11.5. The molecule has 2 aliphatic carbocycles. The summed E-state index contributed by atoms with van der Waals surface area (Å²) in [5.41, 5.74) is 15.7. The molecule has 0 radical (unpaired) electrons. The van der Waals surface area contributed by atoms with Gasteiger partial charge in [-0.25, -0.2) is 9.97 Å². The van der Waals surface area contributed by atoms with E-state index in [1.54, 1.807) is 0 Å². The summed E-state index contributed by atoms with van der Waals surface area (Å²) in [5, 5.41) is 25.3. The van der Waals surface area contributed by atoms with E-state index in [1.807, 2.05) is 53.0 Å². The van der Waals surface area contributed by atoms with E-state index in [9.17, 15) is 10.2 Å². The Bertz CT molecular complexity index is 3520. The van der Waals surface area contributed by atoms with E-state index in [4.69, 9.17) is 19.4 Å². The Kier molecular flexibility index (Phi) is 13.0. The number of benzene rings is 4. The van der Waals surface area contributed by atoms with Crippen LogP contribution in [-0.2, 0) is 34.8 Å². The Morgan fingerprint density at radius 2 is 0.872 bits per heavy atom. The molecule has 8 heterocycles. The third kappa shape index (κ3) is 8.94. The Balaban J connectivity index is 0.000000148. The molecule has 12 heteroatoms. The lowest BCUT2D eigenvalue weighted by Gasteiger charge is -2.33. The molecular weight excluding hydrogens is 969 g/mol. The van der Waals surface area contributed by atoms with Crippen LogP contribution < -0.4 is 0 Å². The third-order valence-corrected chi connectivity index (χ3v) is 18.2. The minimum absolute atomic E-state index is 0.126. The van der Waals surface area contributed by atoms with Gasteiger partial charge in [0.1, 0.15) is 0 Å². The number of aromatic nitrogens is 8. The van der Waals surface area contributed by atoms with Gasteiger partial charge in [0.05, 0.1) is 91.8 Å². The first-order valence-electron chi connectivity index (χ1n) is 28.4. The van der Waals surface area contributed by atoms with E-state index in [1.165, 1.54) is 11.1 Å². The average Bonchev–Trinajstić information content (AvgIpc) is 4.59. The van der Waals surface area contributed by atoms with Gasteiger partial charge >= 0.3 is 0 Å². The molecular formula is C66H72N8O4. The van der Waals surface area contributed by atoms with Crippen molar-refractivity contribution in [3.63, 3.8) is 0 Å². The molecule has 0 amide bonds. The maximum Gasteiger partial charge on any atom is 0.0960 e. The highest BCUT2D eigenvalue weighted by Crippen LogP contribution is 2.50. The van der Waals surface area contributed by atoms with E-state index in [0.717, 1.165) is 167 Å². The van der Waals surface area contributed by atoms with Crippen LogP contribution in [-0.4, -0.2) is 74.8 Å². The number of nitrogens with zero attached hydrogens (tertiary/aromatic N) is 8. The van der Waals surface area contributed by atoms with Gasteiger partial charge in [-0.3, -0.25) is 9.97 Å². The zero-order valence-electron chi connectivity index (χ0n) is 45.9. The monoisotopic (exact) mass is 1040 g/mol. The molecule has 6 aromatic heterocycles. The van der Waals surface area contributed by atoms with Crippen LogP contribution >= 0.6 is 0 Å². The minimum atomic E-state index is -0.833. The van der Waals surface area contributed by atoms with Crippen molar-refractivity contribution in [3.05, 3.63) is 168 Å². The van der Waals surface area contributed by atoms with Crippen molar-refractivity contribution in [1.29, 1.82) is 0 Å². The number of hydrogen-bond donors (Lipinski definition) is 2. The average molecular weight is 1040 g/mol.